The summed E-state index contributed by atoms with van der Waals surface area (Å²) < 4.78 is 12.7. The monoisotopic (exact) mass is 604 g/mol. The Morgan fingerprint density at radius 3 is 2.40 bits per heavy atom. The lowest BCUT2D eigenvalue weighted by Crippen LogP contribution is -2.50. The van der Waals surface area contributed by atoms with Crippen molar-refractivity contribution in [1.82, 2.24) is 24.4 Å². The fraction of sp³-hybridized carbons (Fsp3) is 0.406. The van der Waals surface area contributed by atoms with E-state index < -0.39 is 11.3 Å². The average Bonchev–Trinajstić information content (AvgIpc) is 2.96. The van der Waals surface area contributed by atoms with Gasteiger partial charge in [-0.15, -0.1) is 0 Å². The Labute approximate surface area is 256 Å². The van der Waals surface area contributed by atoms with Crippen LogP contribution in [0.5, 0.6) is 5.75 Å². The number of nitrogens with zero attached hydrogens (tertiary/aromatic N) is 6. The summed E-state index contributed by atoms with van der Waals surface area (Å²) in [5.74, 6) is 1.12. The van der Waals surface area contributed by atoms with Crippen LogP contribution >= 0.6 is 11.6 Å². The number of fused-ring (bicyclic) bond motifs is 1. The van der Waals surface area contributed by atoms with Crippen molar-refractivity contribution in [2.75, 3.05) is 38.2 Å². The van der Waals surface area contributed by atoms with E-state index in [9.17, 15) is 9.59 Å². The minimum absolute atomic E-state index is 0.0402. The number of hydrogen-bond donors (Lipinski definition) is 0. The summed E-state index contributed by atoms with van der Waals surface area (Å²) in [6.45, 7) is 13.3. The van der Waals surface area contributed by atoms with Crippen molar-refractivity contribution in [3.05, 3.63) is 69.4 Å². The number of aryl methyl sites for hydroxylation is 1. The summed E-state index contributed by atoms with van der Waals surface area (Å²) in [5, 5.41) is 1.01. The Morgan fingerprint density at radius 1 is 1.05 bits per heavy atom. The fourth-order valence-electron chi connectivity index (χ4n) is 5.29. The molecule has 0 radical (unpaired) electrons. The van der Waals surface area contributed by atoms with Crippen molar-refractivity contribution in [3.63, 3.8) is 0 Å². The van der Waals surface area contributed by atoms with E-state index in [1.807, 2.05) is 82.8 Å². The maximum absolute atomic E-state index is 14.0. The van der Waals surface area contributed by atoms with Gasteiger partial charge in [-0.2, -0.15) is 4.98 Å². The minimum Gasteiger partial charge on any atom is -0.496 e. The number of aromatic nitrogens is 4. The minimum atomic E-state index is -0.586. The molecule has 4 aromatic rings. The molecule has 5 rings (SSSR count). The first kappa shape index (κ1) is 30.3. The number of pyridine rings is 2. The quantitative estimate of drug-likeness (QED) is 0.274. The smallest absolute Gasteiger partial charge is 0.410 e. The summed E-state index contributed by atoms with van der Waals surface area (Å²) in [7, 11) is 1.59. The number of para-hydroxylation sites is 1. The third-order valence-corrected chi connectivity index (χ3v) is 7.61. The van der Waals surface area contributed by atoms with Crippen molar-refractivity contribution in [2.45, 2.75) is 53.1 Å². The molecule has 0 unspecified atom stereocenters. The Balaban J connectivity index is 1.70. The van der Waals surface area contributed by atoms with E-state index in [2.05, 4.69) is 9.97 Å². The normalized spacial score (nSPS) is 14.0. The Morgan fingerprint density at radius 2 is 1.74 bits per heavy atom. The van der Waals surface area contributed by atoms with Crippen LogP contribution in [0.4, 0.5) is 10.6 Å². The standard InChI is InChI=1S/C32H37ClN6O4/c1-19(2)25-27(20(3)12-13-34-25)39-29-22(18-23(33)26(35-29)21-10-8-9-11-24(21)42-7)28(36-30(39)40)37-14-16-38(17-15-37)31(41)43-32(4,5)6/h8-13,18-19H,14-17H2,1-7H3. The van der Waals surface area contributed by atoms with Crippen LogP contribution in [0, 0.1) is 6.92 Å². The predicted octanol–water partition coefficient (Wildman–Crippen LogP) is 5.99. The van der Waals surface area contributed by atoms with Crippen molar-refractivity contribution in [1.29, 1.82) is 0 Å². The Bertz CT molecular complexity index is 1740. The van der Waals surface area contributed by atoms with Crippen molar-refractivity contribution < 1.29 is 14.3 Å². The van der Waals surface area contributed by atoms with Crippen molar-refractivity contribution in [2.24, 2.45) is 0 Å². The molecule has 10 nitrogen and oxygen atoms in total. The van der Waals surface area contributed by atoms with Gasteiger partial charge in [-0.25, -0.2) is 19.1 Å². The molecule has 1 amide bonds. The highest BCUT2D eigenvalue weighted by molar-refractivity contribution is 6.34. The number of hydrogen-bond acceptors (Lipinski definition) is 8. The summed E-state index contributed by atoms with van der Waals surface area (Å²) in [6, 6.07) is 11.2. The van der Waals surface area contributed by atoms with Crippen LogP contribution in [0.2, 0.25) is 5.02 Å². The highest BCUT2D eigenvalue weighted by Crippen LogP contribution is 2.38. The molecule has 0 aliphatic carbocycles. The molecule has 1 aliphatic rings. The van der Waals surface area contributed by atoms with Crippen LogP contribution in [0.1, 0.15) is 51.8 Å². The molecule has 11 heteroatoms. The fourth-order valence-corrected chi connectivity index (χ4v) is 5.54. The van der Waals surface area contributed by atoms with Gasteiger partial charge in [-0.3, -0.25) is 4.98 Å². The van der Waals surface area contributed by atoms with Crippen LogP contribution < -0.4 is 15.3 Å². The van der Waals surface area contributed by atoms with E-state index in [-0.39, 0.29) is 12.0 Å². The zero-order chi connectivity index (χ0) is 31.1. The molecule has 43 heavy (non-hydrogen) atoms. The number of methoxy groups -OCH3 is 1. The molecule has 1 saturated heterocycles. The Hall–Kier alpha value is -4.18. The number of carbonyl (C=O) groups is 1. The molecule has 226 valence electrons. The van der Waals surface area contributed by atoms with Crippen LogP contribution in [-0.4, -0.2) is 69.4 Å². The average molecular weight is 605 g/mol. The number of ether oxygens (including phenoxy) is 2. The van der Waals surface area contributed by atoms with Gasteiger partial charge in [0, 0.05) is 37.9 Å². The lowest BCUT2D eigenvalue weighted by atomic mass is 10.0. The summed E-state index contributed by atoms with van der Waals surface area (Å²) >= 11 is 6.92. The van der Waals surface area contributed by atoms with Gasteiger partial charge in [0.2, 0.25) is 0 Å². The molecule has 1 aromatic carbocycles. The number of piperazine rings is 1. The number of amides is 1. The largest absolute Gasteiger partial charge is 0.496 e. The highest BCUT2D eigenvalue weighted by atomic mass is 35.5. The van der Waals surface area contributed by atoms with Gasteiger partial charge in [0.15, 0.2) is 5.65 Å². The maximum atomic E-state index is 14.0. The summed E-state index contributed by atoms with van der Waals surface area (Å²) in [4.78, 5) is 44.6. The second-order valence-electron chi connectivity index (χ2n) is 11.9. The zero-order valence-corrected chi connectivity index (χ0v) is 26.4. The molecular formula is C32H37ClN6O4. The summed E-state index contributed by atoms with van der Waals surface area (Å²) in [6.07, 6.45) is 1.39. The molecular weight excluding hydrogens is 568 g/mol. The number of halogens is 1. The predicted molar refractivity (Wildman–Crippen MR) is 169 cm³/mol. The summed E-state index contributed by atoms with van der Waals surface area (Å²) in [5.41, 5.74) is 2.83. The van der Waals surface area contributed by atoms with E-state index in [1.54, 1.807) is 22.8 Å². The lowest BCUT2D eigenvalue weighted by molar-refractivity contribution is 0.0240. The van der Waals surface area contributed by atoms with Crippen LogP contribution in [-0.2, 0) is 4.74 Å². The third kappa shape index (κ3) is 6.01. The third-order valence-electron chi connectivity index (χ3n) is 7.32. The second kappa shape index (κ2) is 11.8. The first-order valence-corrected chi connectivity index (χ1v) is 14.7. The molecule has 3 aromatic heterocycles. The van der Waals surface area contributed by atoms with E-state index >= 15 is 0 Å². The molecule has 4 heterocycles. The Kier molecular flexibility index (Phi) is 8.34. The van der Waals surface area contributed by atoms with E-state index in [0.717, 1.165) is 11.3 Å². The van der Waals surface area contributed by atoms with Gasteiger partial charge in [0.05, 0.1) is 34.6 Å². The first-order valence-electron chi connectivity index (χ1n) is 14.3. The first-order chi connectivity index (χ1) is 20.4. The van der Waals surface area contributed by atoms with Crippen LogP contribution in [0.3, 0.4) is 0 Å². The van der Waals surface area contributed by atoms with E-state index in [0.29, 0.717) is 70.7 Å². The number of carbonyl (C=O) groups excluding carboxylic acids is 1. The molecule has 1 fully saturated rings. The van der Waals surface area contributed by atoms with Crippen LogP contribution in [0.25, 0.3) is 28.0 Å². The van der Waals surface area contributed by atoms with E-state index in [4.69, 9.17) is 26.1 Å². The van der Waals surface area contributed by atoms with Gasteiger partial charge in [-0.05, 0) is 63.4 Å². The highest BCUT2D eigenvalue weighted by Gasteiger charge is 2.29. The lowest BCUT2D eigenvalue weighted by Gasteiger charge is -2.36. The SMILES string of the molecule is COc1ccccc1-c1nc2c(cc1Cl)c(N1CCN(C(=O)OC(C)(C)C)CC1)nc(=O)n2-c1c(C)ccnc1C(C)C. The molecule has 0 spiro atoms. The van der Waals surface area contributed by atoms with Gasteiger partial charge >= 0.3 is 11.8 Å². The molecule has 0 atom stereocenters. The zero-order valence-electron chi connectivity index (χ0n) is 25.6. The van der Waals surface area contributed by atoms with Crippen LogP contribution in [0.15, 0.2) is 47.4 Å². The van der Waals surface area contributed by atoms with Gasteiger partial charge in [0.25, 0.3) is 0 Å². The van der Waals surface area contributed by atoms with Gasteiger partial charge < -0.3 is 19.3 Å². The van der Waals surface area contributed by atoms with E-state index in [1.165, 1.54) is 0 Å². The van der Waals surface area contributed by atoms with Gasteiger partial charge in [-0.1, -0.05) is 37.6 Å². The molecule has 1 aliphatic heterocycles. The van der Waals surface area contributed by atoms with Gasteiger partial charge in [0.1, 0.15) is 17.2 Å². The maximum Gasteiger partial charge on any atom is 0.410 e. The number of benzene rings is 1. The number of rotatable bonds is 5. The number of anilines is 1. The topological polar surface area (TPSA) is 103 Å². The molecule has 0 N–H and O–H groups in total. The molecule has 0 saturated carbocycles. The second-order valence-corrected chi connectivity index (χ2v) is 12.3. The van der Waals surface area contributed by atoms with Crippen molar-refractivity contribution >= 4 is 34.5 Å². The van der Waals surface area contributed by atoms with Crippen molar-refractivity contribution in [3.8, 4) is 22.7 Å². The molecule has 0 bridgehead atoms.